The van der Waals surface area contributed by atoms with E-state index in [9.17, 15) is 14.4 Å². The zero-order valence-electron chi connectivity index (χ0n) is 13.3. The van der Waals surface area contributed by atoms with Gasteiger partial charge >= 0.3 is 0 Å². The fraction of sp³-hybridized carbons (Fsp3) is 0.571. The van der Waals surface area contributed by atoms with Crippen molar-refractivity contribution in [2.24, 2.45) is 7.05 Å². The summed E-state index contributed by atoms with van der Waals surface area (Å²) < 4.78 is 1.50. The molecule has 0 saturated carbocycles. The van der Waals surface area contributed by atoms with E-state index in [1.165, 1.54) is 21.4 Å². The third kappa shape index (κ3) is 2.95. The second kappa shape index (κ2) is 6.17. The lowest BCUT2D eigenvalue weighted by Gasteiger charge is -2.40. The zero-order valence-corrected chi connectivity index (χ0v) is 13.3. The molecule has 8 nitrogen and oxygen atoms in total. The van der Waals surface area contributed by atoms with Gasteiger partial charge in [0, 0.05) is 47.4 Å². The van der Waals surface area contributed by atoms with Gasteiger partial charge in [-0.1, -0.05) is 0 Å². The molecule has 1 aliphatic rings. The van der Waals surface area contributed by atoms with Gasteiger partial charge in [0.1, 0.15) is 11.7 Å². The van der Waals surface area contributed by atoms with Gasteiger partial charge in [-0.05, 0) is 6.07 Å². The first-order valence-corrected chi connectivity index (χ1v) is 7.08. The highest BCUT2D eigenvalue weighted by Gasteiger charge is 2.37. The molecule has 1 aliphatic heterocycles. The van der Waals surface area contributed by atoms with Crippen molar-refractivity contribution in [3.63, 3.8) is 0 Å². The highest BCUT2D eigenvalue weighted by molar-refractivity contribution is 5.94. The Morgan fingerprint density at radius 3 is 2.45 bits per heavy atom. The van der Waals surface area contributed by atoms with Crippen molar-refractivity contribution in [1.29, 1.82) is 0 Å². The Hall–Kier alpha value is -2.38. The summed E-state index contributed by atoms with van der Waals surface area (Å²) in [6, 6.07) is 1.00. The number of rotatable bonds is 2. The van der Waals surface area contributed by atoms with Crippen molar-refractivity contribution in [2.75, 3.05) is 33.7 Å². The van der Waals surface area contributed by atoms with E-state index in [0.717, 1.165) is 0 Å². The van der Waals surface area contributed by atoms with Gasteiger partial charge in [0.05, 0.1) is 6.54 Å². The summed E-state index contributed by atoms with van der Waals surface area (Å²) in [4.78, 5) is 41.1. The molecule has 0 aromatic carbocycles. The van der Waals surface area contributed by atoms with Gasteiger partial charge in [-0.2, -0.15) is 5.10 Å². The number of carbonyl (C=O) groups is 3. The average molecular weight is 307 g/mol. The van der Waals surface area contributed by atoms with Crippen LogP contribution in [0.5, 0.6) is 0 Å². The lowest BCUT2D eigenvalue weighted by molar-refractivity contribution is -0.146. The van der Waals surface area contributed by atoms with Crippen LogP contribution in [-0.4, -0.2) is 82.0 Å². The summed E-state index contributed by atoms with van der Waals surface area (Å²) in [6.45, 7) is 2.39. The average Bonchev–Trinajstić information content (AvgIpc) is 2.90. The fourth-order valence-electron chi connectivity index (χ4n) is 2.60. The topological polar surface area (TPSA) is 78.8 Å². The SMILES string of the molecule is CC(=O)N1CCN(C(=O)c2ccnn2C)C[C@H]1C(=O)N(C)C. The molecule has 0 spiro atoms. The van der Waals surface area contributed by atoms with E-state index in [1.807, 2.05) is 0 Å². The molecule has 1 aromatic heterocycles. The molecule has 0 unspecified atom stereocenters. The first-order valence-electron chi connectivity index (χ1n) is 7.08. The third-order valence-corrected chi connectivity index (χ3v) is 3.84. The van der Waals surface area contributed by atoms with E-state index in [2.05, 4.69) is 5.10 Å². The highest BCUT2D eigenvalue weighted by Crippen LogP contribution is 2.15. The first-order chi connectivity index (χ1) is 10.3. The summed E-state index contributed by atoms with van der Waals surface area (Å²) in [5.74, 6) is -0.523. The molecule has 1 aromatic rings. The van der Waals surface area contributed by atoms with Crippen molar-refractivity contribution in [2.45, 2.75) is 13.0 Å². The molecule has 0 radical (unpaired) electrons. The second-order valence-electron chi connectivity index (χ2n) is 5.55. The summed E-state index contributed by atoms with van der Waals surface area (Å²) in [5, 5.41) is 3.99. The molecule has 2 rings (SSSR count). The van der Waals surface area contributed by atoms with Crippen LogP contribution < -0.4 is 0 Å². The van der Waals surface area contributed by atoms with Crippen molar-refractivity contribution in [1.82, 2.24) is 24.5 Å². The van der Waals surface area contributed by atoms with Crippen LogP contribution in [0.4, 0.5) is 0 Å². The Morgan fingerprint density at radius 2 is 1.95 bits per heavy atom. The molecule has 0 aliphatic carbocycles. The van der Waals surface area contributed by atoms with Gasteiger partial charge in [0.15, 0.2) is 0 Å². The van der Waals surface area contributed by atoms with Crippen LogP contribution in [0.3, 0.4) is 0 Å². The first kappa shape index (κ1) is 16.0. The van der Waals surface area contributed by atoms with Gasteiger partial charge in [-0.25, -0.2) is 0 Å². The standard InChI is InChI=1S/C14H21N5O3/c1-10(20)19-8-7-18(9-12(19)13(21)16(2)3)14(22)11-5-6-15-17(11)4/h5-6,12H,7-9H2,1-4H3/t12-/m0/s1. The van der Waals surface area contributed by atoms with E-state index in [-0.39, 0.29) is 24.3 Å². The normalized spacial score (nSPS) is 18.3. The van der Waals surface area contributed by atoms with Gasteiger partial charge in [-0.3, -0.25) is 19.1 Å². The van der Waals surface area contributed by atoms with Gasteiger partial charge in [-0.15, -0.1) is 0 Å². The van der Waals surface area contributed by atoms with E-state index in [4.69, 9.17) is 0 Å². The number of nitrogens with zero attached hydrogens (tertiary/aromatic N) is 5. The number of aromatic nitrogens is 2. The third-order valence-electron chi connectivity index (χ3n) is 3.84. The van der Waals surface area contributed by atoms with Crippen molar-refractivity contribution < 1.29 is 14.4 Å². The molecule has 2 heterocycles. The molecule has 0 N–H and O–H groups in total. The highest BCUT2D eigenvalue weighted by atomic mass is 16.2. The summed E-state index contributed by atoms with van der Waals surface area (Å²) in [5.41, 5.74) is 0.465. The molecule has 22 heavy (non-hydrogen) atoms. The number of amides is 3. The van der Waals surface area contributed by atoms with Crippen LogP contribution in [0.15, 0.2) is 12.3 Å². The minimum absolute atomic E-state index is 0.159. The summed E-state index contributed by atoms with van der Waals surface area (Å²) >= 11 is 0. The monoisotopic (exact) mass is 307 g/mol. The van der Waals surface area contributed by atoms with E-state index in [0.29, 0.717) is 18.8 Å². The van der Waals surface area contributed by atoms with Crippen LogP contribution in [0.25, 0.3) is 0 Å². The van der Waals surface area contributed by atoms with Gasteiger partial charge < -0.3 is 14.7 Å². The minimum Gasteiger partial charge on any atom is -0.347 e. The lowest BCUT2D eigenvalue weighted by atomic mass is 10.1. The Morgan fingerprint density at radius 1 is 1.27 bits per heavy atom. The van der Waals surface area contributed by atoms with Crippen molar-refractivity contribution >= 4 is 17.7 Å². The molecule has 3 amide bonds. The smallest absolute Gasteiger partial charge is 0.272 e. The Balaban J connectivity index is 2.20. The maximum absolute atomic E-state index is 12.5. The summed E-state index contributed by atoms with van der Waals surface area (Å²) in [6.07, 6.45) is 1.56. The maximum Gasteiger partial charge on any atom is 0.272 e. The Kier molecular flexibility index (Phi) is 4.48. The van der Waals surface area contributed by atoms with Crippen LogP contribution in [0.1, 0.15) is 17.4 Å². The Bertz CT molecular complexity index is 595. The van der Waals surface area contributed by atoms with Crippen LogP contribution >= 0.6 is 0 Å². The van der Waals surface area contributed by atoms with Crippen molar-refractivity contribution in [3.05, 3.63) is 18.0 Å². The number of aryl methyl sites for hydroxylation is 1. The predicted octanol–water partition coefficient (Wildman–Crippen LogP) is -0.819. The molecule has 120 valence electrons. The molecule has 1 saturated heterocycles. The van der Waals surface area contributed by atoms with Crippen LogP contribution in [-0.2, 0) is 16.6 Å². The minimum atomic E-state index is -0.640. The molecular weight excluding hydrogens is 286 g/mol. The quantitative estimate of drug-likeness (QED) is 0.715. The number of likely N-dealkylation sites (N-methyl/N-ethyl adjacent to an activating group) is 1. The molecule has 8 heteroatoms. The van der Waals surface area contributed by atoms with Gasteiger partial charge in [0.25, 0.3) is 5.91 Å². The largest absolute Gasteiger partial charge is 0.347 e. The Labute approximate surface area is 129 Å². The second-order valence-corrected chi connectivity index (χ2v) is 5.55. The number of piperazine rings is 1. The summed E-state index contributed by atoms with van der Waals surface area (Å²) in [7, 11) is 4.98. The fourth-order valence-corrected chi connectivity index (χ4v) is 2.60. The number of hydrogen-bond donors (Lipinski definition) is 0. The molecular formula is C14H21N5O3. The predicted molar refractivity (Wildman–Crippen MR) is 79.0 cm³/mol. The van der Waals surface area contributed by atoms with E-state index < -0.39 is 6.04 Å². The maximum atomic E-state index is 12.5. The molecule has 1 fully saturated rings. The van der Waals surface area contributed by atoms with Crippen LogP contribution in [0, 0.1) is 0 Å². The molecule has 0 bridgehead atoms. The van der Waals surface area contributed by atoms with E-state index >= 15 is 0 Å². The number of hydrogen-bond acceptors (Lipinski definition) is 4. The molecule has 1 atom stereocenters. The van der Waals surface area contributed by atoms with Crippen molar-refractivity contribution in [3.8, 4) is 0 Å². The van der Waals surface area contributed by atoms with Crippen LogP contribution in [0.2, 0.25) is 0 Å². The zero-order chi connectivity index (χ0) is 16.4. The lowest BCUT2D eigenvalue weighted by Crippen LogP contribution is -2.61. The van der Waals surface area contributed by atoms with Gasteiger partial charge in [0.2, 0.25) is 11.8 Å². The number of carbonyl (C=O) groups excluding carboxylic acids is 3. The van der Waals surface area contributed by atoms with E-state index in [1.54, 1.807) is 38.3 Å².